The number of rotatable bonds is 2. The first-order valence-electron chi connectivity index (χ1n) is 9.45. The Bertz CT molecular complexity index is 1160. The second-order valence-electron chi connectivity index (χ2n) is 7.70. The number of amidine groups is 2. The van der Waals surface area contributed by atoms with Crippen molar-refractivity contribution in [1.29, 1.82) is 0 Å². The Morgan fingerprint density at radius 2 is 1.87 bits per heavy atom. The average molecular weight is 430 g/mol. The molecular weight excluding hydrogens is 412 g/mol. The zero-order chi connectivity index (χ0) is 22.4. The van der Waals surface area contributed by atoms with E-state index in [1.165, 1.54) is 36.4 Å². The molecule has 0 saturated heterocycles. The van der Waals surface area contributed by atoms with Crippen LogP contribution in [0.4, 0.5) is 23.2 Å². The molecule has 0 spiro atoms. The fraction of sp³-hybridized carbons (Fsp3) is 0.227. The van der Waals surface area contributed by atoms with Crippen LogP contribution in [0.2, 0.25) is 0 Å². The van der Waals surface area contributed by atoms with Crippen molar-refractivity contribution < 1.29 is 27.2 Å². The van der Waals surface area contributed by atoms with E-state index < -0.39 is 23.1 Å². The summed E-state index contributed by atoms with van der Waals surface area (Å²) in [5.41, 5.74) is -0.234. The van der Waals surface area contributed by atoms with Gasteiger partial charge in [-0.25, -0.2) is 4.39 Å². The molecule has 2 aliphatic heterocycles. The van der Waals surface area contributed by atoms with Crippen molar-refractivity contribution in [3.8, 4) is 0 Å². The van der Waals surface area contributed by atoms with E-state index in [4.69, 9.17) is 0 Å². The lowest BCUT2D eigenvalue weighted by atomic mass is 10.0. The van der Waals surface area contributed by atoms with Crippen LogP contribution in [0.3, 0.4) is 0 Å². The van der Waals surface area contributed by atoms with Gasteiger partial charge in [0.05, 0.1) is 17.8 Å². The lowest BCUT2D eigenvalue weighted by Crippen LogP contribution is -2.54. The Labute approximate surface area is 175 Å². The molecule has 2 aliphatic rings. The summed E-state index contributed by atoms with van der Waals surface area (Å²) < 4.78 is 54.5. The summed E-state index contributed by atoms with van der Waals surface area (Å²) in [7, 11) is 0. The molecule has 2 aromatic carbocycles. The van der Waals surface area contributed by atoms with Crippen molar-refractivity contribution in [2.75, 3.05) is 6.54 Å². The lowest BCUT2D eigenvalue weighted by molar-refractivity contribution is -0.377. The molecule has 0 fully saturated rings. The van der Waals surface area contributed by atoms with Gasteiger partial charge in [0, 0.05) is 5.56 Å². The molecule has 0 radical (unpaired) electrons. The summed E-state index contributed by atoms with van der Waals surface area (Å²) in [6.07, 6.45) is -3.86. The molecule has 0 aliphatic carbocycles. The maximum absolute atomic E-state index is 13.5. The first kappa shape index (κ1) is 20.9. The topological polar surface area (TPSA) is 62.8 Å². The third kappa shape index (κ3) is 3.88. The van der Waals surface area contributed by atoms with Crippen LogP contribution < -0.4 is 10.4 Å². The molecule has 0 amide bonds. The van der Waals surface area contributed by atoms with E-state index in [2.05, 4.69) is 15.3 Å². The third-order valence-electron chi connectivity index (χ3n) is 5.07. The molecule has 0 aromatic heterocycles. The number of aliphatic imine (C=N–C) groups is 2. The van der Waals surface area contributed by atoms with Gasteiger partial charge in [-0.3, -0.25) is 5.32 Å². The van der Waals surface area contributed by atoms with Crippen LogP contribution in [0.15, 0.2) is 70.5 Å². The van der Waals surface area contributed by atoms with Gasteiger partial charge >= 0.3 is 12.0 Å². The van der Waals surface area contributed by atoms with Crippen molar-refractivity contribution in [3.63, 3.8) is 0 Å². The molecule has 2 heterocycles. The predicted octanol–water partition coefficient (Wildman–Crippen LogP) is 3.37. The molecule has 5 nitrogen and oxygen atoms in total. The van der Waals surface area contributed by atoms with Gasteiger partial charge in [0.25, 0.3) is 5.84 Å². The summed E-state index contributed by atoms with van der Waals surface area (Å²) in [6.45, 7) is 3.97. The first-order chi connectivity index (χ1) is 14.6. The van der Waals surface area contributed by atoms with Crippen molar-refractivity contribution >= 4 is 23.1 Å². The normalized spacial score (nSPS) is 20.9. The molecule has 0 unspecified atom stereocenters. The molecule has 0 atom stereocenters. The summed E-state index contributed by atoms with van der Waals surface area (Å²) in [6, 6.07) is 10.1. The van der Waals surface area contributed by atoms with Crippen LogP contribution in [-0.4, -0.2) is 34.0 Å². The highest BCUT2D eigenvalue weighted by atomic mass is 19.4. The number of nitrogens with one attached hydrogen (secondary N) is 1. The minimum Gasteiger partial charge on any atom is -0.876 e. The predicted molar refractivity (Wildman–Crippen MR) is 107 cm³/mol. The van der Waals surface area contributed by atoms with E-state index >= 15 is 0 Å². The second kappa shape index (κ2) is 7.42. The summed E-state index contributed by atoms with van der Waals surface area (Å²) in [5.74, 6) is 0.245. The third-order valence-corrected chi connectivity index (χ3v) is 5.07. The van der Waals surface area contributed by atoms with Crippen LogP contribution in [0.5, 0.6) is 0 Å². The molecule has 160 valence electrons. The maximum atomic E-state index is 13.5. The van der Waals surface area contributed by atoms with Crippen molar-refractivity contribution in [2.45, 2.75) is 25.6 Å². The fourth-order valence-corrected chi connectivity index (χ4v) is 3.45. The molecular formula is C22H18F4N4O. The van der Waals surface area contributed by atoms with E-state index in [-0.39, 0.29) is 18.1 Å². The van der Waals surface area contributed by atoms with Crippen molar-refractivity contribution in [3.05, 3.63) is 77.4 Å². The number of hydrogen-bond donors (Lipinski definition) is 1. The van der Waals surface area contributed by atoms with Gasteiger partial charge in [-0.2, -0.15) is 17.7 Å². The highest BCUT2D eigenvalue weighted by molar-refractivity contribution is 6.49. The van der Waals surface area contributed by atoms with Crippen molar-refractivity contribution in [1.82, 2.24) is 5.32 Å². The van der Waals surface area contributed by atoms with Gasteiger partial charge in [-0.1, -0.05) is 16.1 Å². The number of hydrogen-bond acceptors (Lipinski definition) is 4. The molecule has 4 rings (SSSR count). The zero-order valence-corrected chi connectivity index (χ0v) is 16.7. The van der Waals surface area contributed by atoms with Crippen LogP contribution in [0.1, 0.15) is 25.0 Å². The monoisotopic (exact) mass is 430 g/mol. The van der Waals surface area contributed by atoms with Crippen LogP contribution >= 0.6 is 0 Å². The van der Waals surface area contributed by atoms with E-state index in [1.54, 1.807) is 4.58 Å². The Kier molecular flexibility index (Phi) is 5.01. The van der Waals surface area contributed by atoms with Crippen LogP contribution in [0, 0.1) is 5.82 Å². The Morgan fingerprint density at radius 1 is 1.16 bits per heavy atom. The molecule has 9 heteroatoms. The maximum Gasteiger partial charge on any atom is 0.416 e. The van der Waals surface area contributed by atoms with E-state index in [1.807, 2.05) is 13.8 Å². The molecule has 0 bridgehead atoms. The largest absolute Gasteiger partial charge is 0.876 e. The Hall–Kier alpha value is -3.33. The summed E-state index contributed by atoms with van der Waals surface area (Å²) in [5, 5.41) is 15.0. The van der Waals surface area contributed by atoms with Crippen LogP contribution in [-0.2, 0) is 6.18 Å². The highest BCUT2D eigenvalue weighted by Gasteiger charge is 2.46. The Morgan fingerprint density at radius 3 is 2.52 bits per heavy atom. The SMILES string of the molecule is CC1(C)NCC(=C[O-])[N+]2=C1N=C(c1ccc(F)cc1)C2=Nc1cccc(C(F)(F)F)c1. The second-order valence-corrected chi connectivity index (χ2v) is 7.70. The quantitative estimate of drug-likeness (QED) is 0.451. The number of nitrogens with zero attached hydrogens (tertiary/aromatic N) is 3. The summed E-state index contributed by atoms with van der Waals surface area (Å²) in [4.78, 5) is 9.10. The molecule has 2 aromatic rings. The summed E-state index contributed by atoms with van der Waals surface area (Å²) >= 11 is 0. The molecule has 31 heavy (non-hydrogen) atoms. The van der Waals surface area contributed by atoms with Gasteiger partial charge in [0.2, 0.25) is 5.71 Å². The lowest BCUT2D eigenvalue weighted by Gasteiger charge is -2.29. The minimum absolute atomic E-state index is 0.0578. The fourth-order valence-electron chi connectivity index (χ4n) is 3.45. The number of benzene rings is 2. The van der Waals surface area contributed by atoms with Gasteiger partial charge < -0.3 is 5.11 Å². The number of halogens is 4. The molecule has 1 N–H and O–H groups in total. The van der Waals surface area contributed by atoms with Gasteiger partial charge in [0.15, 0.2) is 0 Å². The number of alkyl halides is 3. The standard InChI is InChI=1S/C22H18F4N4O/c1-21(2)20-29-18(13-6-8-15(23)9-7-13)19(30(20)17(12-31)11-27-21)28-16-5-3-4-14(10-16)22(24,25)26/h3-10,12,27H,11H2,1-2H3. The van der Waals surface area contributed by atoms with Crippen molar-refractivity contribution in [2.24, 2.45) is 9.98 Å². The Balaban J connectivity index is 1.93. The zero-order valence-electron chi connectivity index (χ0n) is 16.7. The van der Waals surface area contributed by atoms with Gasteiger partial charge in [0.1, 0.15) is 17.0 Å². The first-order valence-corrected chi connectivity index (χ1v) is 9.45. The van der Waals surface area contributed by atoms with E-state index in [0.717, 1.165) is 12.1 Å². The van der Waals surface area contributed by atoms with Crippen LogP contribution in [0.25, 0.3) is 0 Å². The van der Waals surface area contributed by atoms with E-state index in [9.17, 15) is 22.7 Å². The average Bonchev–Trinajstić information content (AvgIpc) is 3.09. The molecule has 0 saturated carbocycles. The van der Waals surface area contributed by atoms with Gasteiger partial charge in [-0.15, -0.1) is 6.26 Å². The highest BCUT2D eigenvalue weighted by Crippen LogP contribution is 2.32. The van der Waals surface area contributed by atoms with Gasteiger partial charge in [-0.05, 0) is 56.3 Å². The van der Waals surface area contributed by atoms with E-state index in [0.29, 0.717) is 29.1 Å². The minimum atomic E-state index is -4.52. The smallest absolute Gasteiger partial charge is 0.416 e.